The van der Waals surface area contributed by atoms with Gasteiger partial charge in [0.1, 0.15) is 5.69 Å². The van der Waals surface area contributed by atoms with Crippen LogP contribution in [0.3, 0.4) is 0 Å². The van der Waals surface area contributed by atoms with Crippen molar-refractivity contribution in [2.75, 3.05) is 11.5 Å². The number of aldehydes is 1. The van der Waals surface area contributed by atoms with Gasteiger partial charge in [0, 0.05) is 24.2 Å². The van der Waals surface area contributed by atoms with Crippen molar-refractivity contribution in [3.05, 3.63) is 36.3 Å². The Labute approximate surface area is 116 Å². The van der Waals surface area contributed by atoms with Crippen molar-refractivity contribution < 1.29 is 13.2 Å². The first-order valence-electron chi connectivity index (χ1n) is 6.24. The molecule has 1 aliphatic rings. The van der Waals surface area contributed by atoms with Gasteiger partial charge in [-0.05, 0) is 18.6 Å². The molecule has 0 aromatic carbocycles. The Balaban J connectivity index is 2.00. The van der Waals surface area contributed by atoms with Crippen LogP contribution in [0.15, 0.2) is 30.7 Å². The zero-order valence-electron chi connectivity index (χ0n) is 10.6. The molecule has 0 bridgehead atoms. The van der Waals surface area contributed by atoms with E-state index in [2.05, 4.69) is 10.1 Å². The Morgan fingerprint density at radius 2 is 2.05 bits per heavy atom. The van der Waals surface area contributed by atoms with Crippen molar-refractivity contribution in [2.24, 2.45) is 0 Å². The van der Waals surface area contributed by atoms with Crippen LogP contribution in [0.2, 0.25) is 0 Å². The monoisotopic (exact) mass is 291 g/mol. The molecule has 3 heterocycles. The molecule has 1 aliphatic heterocycles. The van der Waals surface area contributed by atoms with Crippen LogP contribution in [0.25, 0.3) is 11.3 Å². The number of carbonyl (C=O) groups excluding carboxylic acids is 1. The Morgan fingerprint density at radius 3 is 2.65 bits per heavy atom. The molecule has 2 aromatic heterocycles. The van der Waals surface area contributed by atoms with Gasteiger partial charge in [0.25, 0.3) is 0 Å². The lowest BCUT2D eigenvalue weighted by molar-refractivity contribution is 0.112. The molecule has 104 valence electrons. The van der Waals surface area contributed by atoms with Crippen molar-refractivity contribution in [1.29, 1.82) is 0 Å². The standard InChI is InChI=1S/C13H13N3O3S/c17-8-11-7-16(12-3-6-20(18,19)9-12)15-13(11)10-1-4-14-5-2-10/h1-2,4-5,7-8,12H,3,6,9H2. The van der Waals surface area contributed by atoms with Crippen LogP contribution < -0.4 is 0 Å². The van der Waals surface area contributed by atoms with Crippen LogP contribution in [0.5, 0.6) is 0 Å². The summed E-state index contributed by atoms with van der Waals surface area (Å²) in [6.07, 6.45) is 6.15. The second-order valence-electron chi connectivity index (χ2n) is 4.82. The smallest absolute Gasteiger partial charge is 0.153 e. The molecule has 0 amide bonds. The predicted octanol–water partition coefficient (Wildman–Crippen LogP) is 1.12. The minimum Gasteiger partial charge on any atom is -0.298 e. The first-order valence-corrected chi connectivity index (χ1v) is 8.06. The van der Waals surface area contributed by atoms with E-state index < -0.39 is 9.84 Å². The van der Waals surface area contributed by atoms with Crippen LogP contribution in [0.4, 0.5) is 0 Å². The number of carbonyl (C=O) groups is 1. The molecule has 6 nitrogen and oxygen atoms in total. The van der Waals surface area contributed by atoms with Gasteiger partial charge in [0.2, 0.25) is 0 Å². The number of hydrogen-bond acceptors (Lipinski definition) is 5. The molecule has 0 N–H and O–H groups in total. The number of aromatic nitrogens is 3. The fourth-order valence-electron chi connectivity index (χ4n) is 2.40. The first-order chi connectivity index (χ1) is 9.59. The summed E-state index contributed by atoms with van der Waals surface area (Å²) in [6, 6.07) is 3.35. The van der Waals surface area contributed by atoms with E-state index in [0.29, 0.717) is 17.7 Å². The molecule has 1 fully saturated rings. The molecule has 1 atom stereocenters. The molecule has 0 aliphatic carbocycles. The SMILES string of the molecule is O=Cc1cn(C2CCS(=O)(=O)C2)nc1-c1ccncc1. The summed E-state index contributed by atoms with van der Waals surface area (Å²) < 4.78 is 24.7. The van der Waals surface area contributed by atoms with Crippen LogP contribution in [-0.2, 0) is 9.84 Å². The Kier molecular flexibility index (Phi) is 3.13. The summed E-state index contributed by atoms with van der Waals surface area (Å²) in [4.78, 5) is 15.1. The average Bonchev–Trinajstić information content (AvgIpc) is 3.02. The number of sulfone groups is 1. The van der Waals surface area contributed by atoms with Gasteiger partial charge in [-0.25, -0.2) is 8.42 Å². The zero-order chi connectivity index (χ0) is 14.2. The van der Waals surface area contributed by atoms with Crippen molar-refractivity contribution >= 4 is 16.1 Å². The van der Waals surface area contributed by atoms with Gasteiger partial charge in [0.05, 0.1) is 23.1 Å². The van der Waals surface area contributed by atoms with Gasteiger partial charge < -0.3 is 0 Å². The summed E-state index contributed by atoms with van der Waals surface area (Å²) in [5.74, 6) is 0.265. The maximum absolute atomic E-state index is 11.5. The fraction of sp³-hybridized carbons (Fsp3) is 0.308. The van der Waals surface area contributed by atoms with E-state index in [1.165, 1.54) is 0 Å². The lowest BCUT2D eigenvalue weighted by Gasteiger charge is -2.07. The second-order valence-corrected chi connectivity index (χ2v) is 7.05. The van der Waals surface area contributed by atoms with Crippen LogP contribution in [0.1, 0.15) is 22.8 Å². The Bertz CT molecular complexity index is 737. The van der Waals surface area contributed by atoms with E-state index in [1.807, 2.05) is 0 Å². The van der Waals surface area contributed by atoms with Crippen molar-refractivity contribution in [3.63, 3.8) is 0 Å². The third kappa shape index (κ3) is 2.36. The van der Waals surface area contributed by atoms with Crippen LogP contribution in [0, 0.1) is 0 Å². The molecule has 3 rings (SSSR count). The van der Waals surface area contributed by atoms with Gasteiger partial charge in [0.15, 0.2) is 16.1 Å². The maximum atomic E-state index is 11.5. The van der Waals surface area contributed by atoms with Gasteiger partial charge in [-0.15, -0.1) is 0 Å². The Morgan fingerprint density at radius 1 is 1.30 bits per heavy atom. The maximum Gasteiger partial charge on any atom is 0.153 e. The van der Waals surface area contributed by atoms with E-state index in [9.17, 15) is 13.2 Å². The summed E-state index contributed by atoms with van der Waals surface area (Å²) in [5.41, 5.74) is 1.81. The molecular weight excluding hydrogens is 278 g/mol. The van der Waals surface area contributed by atoms with E-state index in [4.69, 9.17) is 0 Å². The van der Waals surface area contributed by atoms with Gasteiger partial charge >= 0.3 is 0 Å². The fourth-order valence-corrected chi connectivity index (χ4v) is 4.10. The largest absolute Gasteiger partial charge is 0.298 e. The second kappa shape index (κ2) is 4.82. The normalized spacial score (nSPS) is 20.9. The first kappa shape index (κ1) is 13.0. The molecule has 1 saturated heterocycles. The number of rotatable bonds is 3. The minimum absolute atomic E-state index is 0.0861. The highest BCUT2D eigenvalue weighted by molar-refractivity contribution is 7.91. The van der Waals surface area contributed by atoms with Crippen molar-refractivity contribution in [1.82, 2.24) is 14.8 Å². The zero-order valence-corrected chi connectivity index (χ0v) is 11.5. The highest BCUT2D eigenvalue weighted by Crippen LogP contribution is 2.27. The molecular formula is C13H13N3O3S. The summed E-state index contributed by atoms with van der Waals surface area (Å²) in [5, 5.41) is 4.39. The minimum atomic E-state index is -2.98. The molecule has 20 heavy (non-hydrogen) atoms. The van der Waals surface area contributed by atoms with Gasteiger partial charge in [-0.3, -0.25) is 14.5 Å². The molecule has 0 radical (unpaired) electrons. The van der Waals surface area contributed by atoms with Crippen LogP contribution in [-0.4, -0.2) is 41.0 Å². The van der Waals surface area contributed by atoms with Gasteiger partial charge in [-0.2, -0.15) is 5.10 Å². The molecule has 2 aromatic rings. The van der Waals surface area contributed by atoms with Crippen molar-refractivity contribution in [2.45, 2.75) is 12.5 Å². The summed E-state index contributed by atoms with van der Waals surface area (Å²) >= 11 is 0. The highest BCUT2D eigenvalue weighted by Gasteiger charge is 2.30. The van der Waals surface area contributed by atoms with E-state index in [1.54, 1.807) is 35.4 Å². The third-order valence-corrected chi connectivity index (χ3v) is 5.17. The van der Waals surface area contributed by atoms with E-state index >= 15 is 0 Å². The molecule has 7 heteroatoms. The predicted molar refractivity (Wildman–Crippen MR) is 73.2 cm³/mol. The Hall–Kier alpha value is -2.02. The van der Waals surface area contributed by atoms with Crippen molar-refractivity contribution in [3.8, 4) is 11.3 Å². The molecule has 0 saturated carbocycles. The van der Waals surface area contributed by atoms with Gasteiger partial charge in [-0.1, -0.05) is 0 Å². The van der Waals surface area contributed by atoms with E-state index in [0.717, 1.165) is 11.8 Å². The average molecular weight is 291 g/mol. The van der Waals surface area contributed by atoms with E-state index in [-0.39, 0.29) is 17.5 Å². The number of hydrogen-bond donors (Lipinski definition) is 0. The highest BCUT2D eigenvalue weighted by atomic mass is 32.2. The number of pyridine rings is 1. The molecule has 0 spiro atoms. The lowest BCUT2D eigenvalue weighted by atomic mass is 10.1. The molecule has 1 unspecified atom stereocenters. The quantitative estimate of drug-likeness (QED) is 0.791. The summed E-state index contributed by atoms with van der Waals surface area (Å²) in [7, 11) is -2.98. The lowest BCUT2D eigenvalue weighted by Crippen LogP contribution is -2.11. The van der Waals surface area contributed by atoms with Crippen LogP contribution >= 0.6 is 0 Å². The third-order valence-electron chi connectivity index (χ3n) is 3.42. The summed E-state index contributed by atoms with van der Waals surface area (Å²) in [6.45, 7) is 0. The topological polar surface area (TPSA) is 81.9 Å². The number of nitrogens with zero attached hydrogens (tertiary/aromatic N) is 3.